The Morgan fingerprint density at radius 1 is 0.333 bits per heavy atom. The molecule has 0 fully saturated rings. The van der Waals surface area contributed by atoms with E-state index in [0.717, 1.165) is 89.1 Å². The van der Waals surface area contributed by atoms with Gasteiger partial charge >= 0.3 is 0 Å². The Morgan fingerprint density at radius 2 is 0.921 bits per heavy atom. The molecule has 0 amide bonds. The van der Waals surface area contributed by atoms with Crippen LogP contribution in [-0.4, -0.2) is 33.6 Å². The van der Waals surface area contributed by atoms with Gasteiger partial charge in [0.1, 0.15) is 12.1 Å². The summed E-state index contributed by atoms with van der Waals surface area (Å²) in [5.74, 6) is 1.50. The van der Waals surface area contributed by atoms with Crippen molar-refractivity contribution in [2.45, 2.75) is 0 Å². The molecule has 0 radical (unpaired) electrons. The monoisotopic (exact) mass is 805 g/mol. The quantitative estimate of drug-likeness (QED) is 0.168. The number of aromatic nitrogens is 7. The summed E-state index contributed by atoms with van der Waals surface area (Å²) in [6, 6.07) is 70.9. The summed E-state index contributed by atoms with van der Waals surface area (Å²) in [6.07, 6.45) is 3.55. The van der Waals surface area contributed by atoms with Gasteiger partial charge in [-0.1, -0.05) is 133 Å². The van der Waals surface area contributed by atoms with Crippen LogP contribution in [0.5, 0.6) is 0 Å². The van der Waals surface area contributed by atoms with E-state index in [1.807, 2.05) is 36.5 Å². The van der Waals surface area contributed by atoms with Gasteiger partial charge in [0.15, 0.2) is 5.82 Å². The van der Waals surface area contributed by atoms with Crippen LogP contribution in [0.15, 0.2) is 213 Å². The smallest absolute Gasteiger partial charge is 0.162 e. The fourth-order valence-corrected chi connectivity index (χ4v) is 9.58. The Hall–Kier alpha value is -8.68. The van der Waals surface area contributed by atoms with Crippen LogP contribution in [0.2, 0.25) is 0 Å². The lowest BCUT2D eigenvalue weighted by Crippen LogP contribution is -2.02. The maximum Gasteiger partial charge on any atom is 0.162 e. The zero-order valence-electron chi connectivity index (χ0n) is 33.8. The molecule has 63 heavy (non-hydrogen) atoms. The molecule has 0 saturated carbocycles. The highest BCUT2D eigenvalue weighted by Gasteiger charge is 2.20. The molecule has 294 valence electrons. The summed E-state index contributed by atoms with van der Waals surface area (Å²) in [5.41, 5.74) is 14.8. The molecule has 0 atom stereocenters. The highest BCUT2D eigenvalue weighted by atomic mass is 15.1. The number of hydrogen-bond acceptors (Lipinski definition) is 4. The van der Waals surface area contributed by atoms with Crippen molar-refractivity contribution in [3.8, 4) is 51.0 Å². The van der Waals surface area contributed by atoms with Gasteiger partial charge in [-0.05, 0) is 71.8 Å². The van der Waals surface area contributed by atoms with Crippen molar-refractivity contribution in [1.29, 1.82) is 0 Å². The van der Waals surface area contributed by atoms with Crippen LogP contribution in [-0.2, 0) is 0 Å². The van der Waals surface area contributed by atoms with Gasteiger partial charge in [-0.15, -0.1) is 0 Å². The Labute approximate surface area is 361 Å². The normalized spacial score (nSPS) is 11.8. The highest BCUT2D eigenvalue weighted by Crippen LogP contribution is 2.40. The second kappa shape index (κ2) is 13.9. The summed E-state index contributed by atoms with van der Waals surface area (Å²) in [6.45, 7) is 0. The predicted molar refractivity (Wildman–Crippen MR) is 257 cm³/mol. The topological polar surface area (TPSA) is 66.3 Å². The van der Waals surface area contributed by atoms with Crippen molar-refractivity contribution < 1.29 is 0 Å². The maximum atomic E-state index is 5.27. The predicted octanol–water partition coefficient (Wildman–Crippen LogP) is 13.6. The molecular formula is C56H35N7. The maximum absolute atomic E-state index is 5.27. The highest BCUT2D eigenvalue weighted by molar-refractivity contribution is 6.13. The Kier molecular flexibility index (Phi) is 7.77. The fourth-order valence-electron chi connectivity index (χ4n) is 9.58. The molecule has 8 aromatic carbocycles. The van der Waals surface area contributed by atoms with Crippen LogP contribution < -0.4 is 0 Å². The Morgan fingerprint density at radius 3 is 1.71 bits per heavy atom. The average Bonchev–Trinajstić information content (AvgIpc) is 3.99. The summed E-state index contributed by atoms with van der Waals surface area (Å²) in [7, 11) is 0. The van der Waals surface area contributed by atoms with Gasteiger partial charge in [0, 0.05) is 55.5 Å². The van der Waals surface area contributed by atoms with Gasteiger partial charge < -0.3 is 9.13 Å². The average molecular weight is 806 g/mol. The third-order valence-electron chi connectivity index (χ3n) is 12.4. The number of rotatable bonds is 6. The first-order valence-corrected chi connectivity index (χ1v) is 21.1. The Balaban J connectivity index is 0.990. The largest absolute Gasteiger partial charge is 0.309 e. The lowest BCUT2D eigenvalue weighted by atomic mass is 10.0. The molecule has 0 saturated heterocycles. The molecule has 0 aliphatic heterocycles. The summed E-state index contributed by atoms with van der Waals surface area (Å²) >= 11 is 0. The van der Waals surface area contributed by atoms with E-state index < -0.39 is 0 Å². The van der Waals surface area contributed by atoms with Gasteiger partial charge in [-0.25, -0.2) is 19.9 Å². The van der Waals surface area contributed by atoms with Crippen LogP contribution in [0.1, 0.15) is 0 Å². The number of para-hydroxylation sites is 3. The van der Waals surface area contributed by atoms with Crippen molar-refractivity contribution >= 4 is 65.5 Å². The van der Waals surface area contributed by atoms with Crippen molar-refractivity contribution in [2.75, 3.05) is 0 Å². The van der Waals surface area contributed by atoms with E-state index in [9.17, 15) is 0 Å². The van der Waals surface area contributed by atoms with Gasteiger partial charge in [-0.3, -0.25) is 4.57 Å². The number of benzene rings is 8. The third kappa shape index (κ3) is 5.53. The molecule has 7 heteroatoms. The molecule has 7 nitrogen and oxygen atoms in total. The van der Waals surface area contributed by atoms with Gasteiger partial charge in [0.25, 0.3) is 0 Å². The minimum atomic E-state index is 0.685. The first-order valence-electron chi connectivity index (χ1n) is 21.1. The molecular weight excluding hydrogens is 771 g/mol. The van der Waals surface area contributed by atoms with Crippen LogP contribution >= 0.6 is 0 Å². The zero-order chi connectivity index (χ0) is 41.4. The molecule has 0 unspecified atom stereocenters. The lowest BCUT2D eigenvalue weighted by Gasteiger charge is -2.13. The van der Waals surface area contributed by atoms with E-state index in [-0.39, 0.29) is 0 Å². The van der Waals surface area contributed by atoms with Crippen molar-refractivity contribution in [1.82, 2.24) is 33.6 Å². The first kappa shape index (κ1) is 35.1. The van der Waals surface area contributed by atoms with E-state index in [1.165, 1.54) is 21.5 Å². The van der Waals surface area contributed by atoms with Crippen LogP contribution in [0.25, 0.3) is 117 Å². The second-order valence-electron chi connectivity index (χ2n) is 16.0. The zero-order valence-corrected chi connectivity index (χ0v) is 33.8. The van der Waals surface area contributed by atoms with Gasteiger partial charge in [-0.2, -0.15) is 0 Å². The van der Waals surface area contributed by atoms with Gasteiger partial charge in [0.2, 0.25) is 0 Å². The van der Waals surface area contributed by atoms with Gasteiger partial charge in [0.05, 0.1) is 50.5 Å². The minimum absolute atomic E-state index is 0.685. The summed E-state index contributed by atoms with van der Waals surface area (Å²) in [5, 5.41) is 5.81. The molecule has 13 aromatic rings. The van der Waals surface area contributed by atoms with E-state index >= 15 is 0 Å². The molecule has 0 spiro atoms. The van der Waals surface area contributed by atoms with E-state index in [2.05, 4.69) is 189 Å². The molecule has 0 N–H and O–H groups in total. The molecule has 0 aliphatic rings. The van der Waals surface area contributed by atoms with Crippen molar-refractivity contribution in [2.24, 2.45) is 0 Å². The van der Waals surface area contributed by atoms with Crippen LogP contribution in [0, 0.1) is 0 Å². The van der Waals surface area contributed by atoms with E-state index in [0.29, 0.717) is 5.82 Å². The second-order valence-corrected chi connectivity index (χ2v) is 16.0. The SMILES string of the molecule is c1ccc(-c2cc(-n3c4ccccc4c4ccc(-c5ccc6c(c5)c5ccccc5n6-c5ccc6c(c5)c5ncncc5n6-c5ccccc5)cc43)nc(-c3ccccc3)n2)cc1. The minimum Gasteiger partial charge on any atom is -0.309 e. The van der Waals surface area contributed by atoms with Crippen LogP contribution in [0.3, 0.4) is 0 Å². The standard InChI is InChI=1S/C56H35N7/c1-4-14-36(15-5-1)47-33-54(60-56(59-47)37-16-6-2-7-17-37)63-49-23-13-10-20-42(49)44-27-24-39(31-52(44)63)38-25-28-50-45(30-38)43-21-11-12-22-48(43)62(50)41-26-29-51-46(32-41)55-53(34-57-35-58-55)61(51)40-18-8-3-9-19-40/h1-35H. The van der Waals surface area contributed by atoms with Crippen molar-refractivity contribution in [3.63, 3.8) is 0 Å². The summed E-state index contributed by atoms with van der Waals surface area (Å²) in [4.78, 5) is 19.6. The summed E-state index contributed by atoms with van der Waals surface area (Å²) < 4.78 is 6.93. The molecule has 5 aromatic heterocycles. The molecule has 13 rings (SSSR count). The molecule has 5 heterocycles. The first-order chi connectivity index (χ1) is 31.2. The number of nitrogens with zero attached hydrogens (tertiary/aromatic N) is 7. The number of hydrogen-bond donors (Lipinski definition) is 0. The Bertz CT molecular complexity index is 3840. The lowest BCUT2D eigenvalue weighted by molar-refractivity contribution is 1.05. The van der Waals surface area contributed by atoms with E-state index in [1.54, 1.807) is 6.33 Å². The number of fused-ring (bicyclic) bond motifs is 9. The molecule has 0 bridgehead atoms. The fraction of sp³-hybridized carbons (Fsp3) is 0. The van der Waals surface area contributed by atoms with Crippen molar-refractivity contribution in [3.05, 3.63) is 213 Å². The van der Waals surface area contributed by atoms with E-state index in [4.69, 9.17) is 15.0 Å². The van der Waals surface area contributed by atoms with Crippen LogP contribution in [0.4, 0.5) is 0 Å². The third-order valence-corrected chi connectivity index (χ3v) is 12.4. The molecule has 0 aliphatic carbocycles.